The highest BCUT2D eigenvalue weighted by Gasteiger charge is 2.08. The molecule has 0 radical (unpaired) electrons. The summed E-state index contributed by atoms with van der Waals surface area (Å²) in [7, 11) is 1.68. The SMILES string of the molecule is COCCCn1cnnc1SCC(=O)NCc1ccccc1. The first kappa shape index (κ1) is 16.5. The molecule has 0 aliphatic carbocycles. The molecule has 2 aromatic rings. The number of hydrogen-bond donors (Lipinski definition) is 1. The van der Waals surface area contributed by atoms with Crippen molar-refractivity contribution in [2.45, 2.75) is 24.7 Å². The number of hydrogen-bond acceptors (Lipinski definition) is 5. The quantitative estimate of drug-likeness (QED) is 0.563. The number of nitrogens with zero attached hydrogens (tertiary/aromatic N) is 3. The Morgan fingerprint density at radius 2 is 2.18 bits per heavy atom. The molecule has 1 amide bonds. The van der Waals surface area contributed by atoms with E-state index in [2.05, 4.69) is 15.5 Å². The number of carbonyl (C=O) groups excluding carboxylic acids is 1. The zero-order chi connectivity index (χ0) is 15.6. The van der Waals surface area contributed by atoms with Gasteiger partial charge < -0.3 is 14.6 Å². The Hall–Kier alpha value is -1.86. The highest BCUT2D eigenvalue weighted by molar-refractivity contribution is 7.99. The van der Waals surface area contributed by atoms with E-state index in [1.807, 2.05) is 34.9 Å². The first-order valence-corrected chi connectivity index (χ1v) is 8.08. The third-order valence-corrected chi connectivity index (χ3v) is 3.97. The zero-order valence-electron chi connectivity index (χ0n) is 12.6. The topological polar surface area (TPSA) is 69.0 Å². The molecule has 0 atom stereocenters. The second kappa shape index (κ2) is 9.22. The van der Waals surface area contributed by atoms with Crippen molar-refractivity contribution in [3.8, 4) is 0 Å². The Kier molecular flexibility index (Phi) is 6.92. The van der Waals surface area contributed by atoms with Gasteiger partial charge in [-0.25, -0.2) is 0 Å². The number of benzene rings is 1. The van der Waals surface area contributed by atoms with Gasteiger partial charge in [0, 0.05) is 26.8 Å². The summed E-state index contributed by atoms with van der Waals surface area (Å²) in [5.41, 5.74) is 1.09. The number of amides is 1. The van der Waals surface area contributed by atoms with Crippen molar-refractivity contribution >= 4 is 17.7 Å². The van der Waals surface area contributed by atoms with E-state index in [0.29, 0.717) is 18.9 Å². The fourth-order valence-electron chi connectivity index (χ4n) is 1.87. The van der Waals surface area contributed by atoms with E-state index < -0.39 is 0 Å². The van der Waals surface area contributed by atoms with Gasteiger partial charge in [-0.3, -0.25) is 4.79 Å². The maximum Gasteiger partial charge on any atom is 0.230 e. The van der Waals surface area contributed by atoms with Gasteiger partial charge in [-0.05, 0) is 12.0 Å². The predicted octanol–water partition coefficient (Wildman–Crippen LogP) is 1.72. The maximum absolute atomic E-state index is 11.9. The average Bonchev–Trinajstić information content (AvgIpc) is 3.00. The number of methoxy groups -OCH3 is 1. The highest BCUT2D eigenvalue weighted by Crippen LogP contribution is 2.14. The first-order valence-electron chi connectivity index (χ1n) is 7.10. The summed E-state index contributed by atoms with van der Waals surface area (Å²) in [6.07, 6.45) is 2.57. The molecule has 0 aliphatic rings. The molecule has 22 heavy (non-hydrogen) atoms. The summed E-state index contributed by atoms with van der Waals surface area (Å²) in [4.78, 5) is 11.9. The van der Waals surface area contributed by atoms with Crippen LogP contribution in [-0.2, 0) is 22.6 Å². The van der Waals surface area contributed by atoms with Gasteiger partial charge in [-0.1, -0.05) is 42.1 Å². The van der Waals surface area contributed by atoms with Crippen LogP contribution in [0.25, 0.3) is 0 Å². The number of rotatable bonds is 9. The van der Waals surface area contributed by atoms with Crippen LogP contribution in [0.5, 0.6) is 0 Å². The Bertz CT molecular complexity index is 574. The van der Waals surface area contributed by atoms with E-state index in [-0.39, 0.29) is 5.91 Å². The Morgan fingerprint density at radius 3 is 2.95 bits per heavy atom. The van der Waals surface area contributed by atoms with Crippen LogP contribution in [0.3, 0.4) is 0 Å². The van der Waals surface area contributed by atoms with Crippen LogP contribution in [0.4, 0.5) is 0 Å². The maximum atomic E-state index is 11.9. The third kappa shape index (κ3) is 5.50. The molecule has 0 aliphatic heterocycles. The van der Waals surface area contributed by atoms with Crippen LogP contribution in [0, 0.1) is 0 Å². The van der Waals surface area contributed by atoms with Crippen molar-refractivity contribution in [3.05, 3.63) is 42.2 Å². The van der Waals surface area contributed by atoms with E-state index in [1.54, 1.807) is 13.4 Å². The fraction of sp³-hybridized carbons (Fsp3) is 0.400. The summed E-state index contributed by atoms with van der Waals surface area (Å²) in [6.45, 7) is 2.02. The molecule has 0 saturated heterocycles. The number of ether oxygens (including phenoxy) is 1. The minimum Gasteiger partial charge on any atom is -0.385 e. The van der Waals surface area contributed by atoms with E-state index in [0.717, 1.165) is 23.7 Å². The van der Waals surface area contributed by atoms with Crippen molar-refractivity contribution in [3.63, 3.8) is 0 Å². The monoisotopic (exact) mass is 320 g/mol. The minimum absolute atomic E-state index is 0.0136. The summed E-state index contributed by atoms with van der Waals surface area (Å²) in [6, 6.07) is 9.84. The smallest absolute Gasteiger partial charge is 0.230 e. The van der Waals surface area contributed by atoms with Crippen molar-refractivity contribution in [1.82, 2.24) is 20.1 Å². The normalized spacial score (nSPS) is 10.6. The second-order valence-corrected chi connectivity index (χ2v) is 5.65. The summed E-state index contributed by atoms with van der Waals surface area (Å²) in [5.74, 6) is 0.316. The van der Waals surface area contributed by atoms with Crippen LogP contribution in [0.1, 0.15) is 12.0 Å². The number of nitrogens with one attached hydrogen (secondary N) is 1. The van der Waals surface area contributed by atoms with E-state index >= 15 is 0 Å². The molecule has 1 aromatic heterocycles. The molecule has 6 nitrogen and oxygen atoms in total. The predicted molar refractivity (Wildman–Crippen MR) is 85.5 cm³/mol. The van der Waals surface area contributed by atoms with Crippen molar-refractivity contribution in [1.29, 1.82) is 0 Å². The molecular weight excluding hydrogens is 300 g/mol. The molecule has 1 aromatic carbocycles. The number of aromatic nitrogens is 3. The Balaban J connectivity index is 1.73. The van der Waals surface area contributed by atoms with Crippen LogP contribution >= 0.6 is 11.8 Å². The van der Waals surface area contributed by atoms with Gasteiger partial charge >= 0.3 is 0 Å². The van der Waals surface area contributed by atoms with Crippen LogP contribution in [-0.4, -0.2) is 40.1 Å². The standard InChI is InChI=1S/C15H20N4O2S/c1-21-9-5-8-19-12-17-18-15(19)22-11-14(20)16-10-13-6-3-2-4-7-13/h2-4,6-7,12H,5,8-11H2,1H3,(H,16,20). The highest BCUT2D eigenvalue weighted by atomic mass is 32.2. The van der Waals surface area contributed by atoms with Crippen molar-refractivity contribution in [2.75, 3.05) is 19.5 Å². The van der Waals surface area contributed by atoms with Crippen molar-refractivity contribution in [2.24, 2.45) is 0 Å². The van der Waals surface area contributed by atoms with Gasteiger partial charge in [-0.15, -0.1) is 10.2 Å². The Labute approximate surface area is 134 Å². The second-order valence-electron chi connectivity index (χ2n) is 4.70. The molecule has 0 unspecified atom stereocenters. The van der Waals surface area contributed by atoms with Crippen molar-refractivity contribution < 1.29 is 9.53 Å². The number of thioether (sulfide) groups is 1. The number of aryl methyl sites for hydroxylation is 1. The third-order valence-electron chi connectivity index (χ3n) is 2.99. The zero-order valence-corrected chi connectivity index (χ0v) is 13.4. The minimum atomic E-state index is -0.0136. The lowest BCUT2D eigenvalue weighted by atomic mass is 10.2. The molecule has 1 heterocycles. The van der Waals surface area contributed by atoms with Gasteiger partial charge in [0.25, 0.3) is 0 Å². The van der Waals surface area contributed by atoms with E-state index in [4.69, 9.17) is 4.74 Å². The van der Waals surface area contributed by atoms with E-state index in [1.165, 1.54) is 11.8 Å². The first-order chi connectivity index (χ1) is 10.8. The molecule has 118 valence electrons. The Morgan fingerprint density at radius 1 is 1.36 bits per heavy atom. The molecular formula is C15H20N4O2S. The van der Waals surface area contributed by atoms with Gasteiger partial charge in [-0.2, -0.15) is 0 Å². The molecule has 7 heteroatoms. The molecule has 1 N–H and O–H groups in total. The molecule has 0 spiro atoms. The van der Waals surface area contributed by atoms with Gasteiger partial charge in [0.05, 0.1) is 5.75 Å². The summed E-state index contributed by atoms with van der Waals surface area (Å²) < 4.78 is 6.97. The van der Waals surface area contributed by atoms with Crippen LogP contribution in [0.2, 0.25) is 0 Å². The van der Waals surface area contributed by atoms with Gasteiger partial charge in [0.2, 0.25) is 5.91 Å². The fourth-order valence-corrected chi connectivity index (χ4v) is 2.64. The molecule has 0 fully saturated rings. The molecule has 0 bridgehead atoms. The van der Waals surface area contributed by atoms with E-state index in [9.17, 15) is 4.79 Å². The summed E-state index contributed by atoms with van der Waals surface area (Å²) >= 11 is 1.39. The van der Waals surface area contributed by atoms with Gasteiger partial charge in [0.15, 0.2) is 5.16 Å². The molecule has 2 rings (SSSR count). The number of carbonyl (C=O) groups is 1. The average molecular weight is 320 g/mol. The van der Waals surface area contributed by atoms with Crippen LogP contribution in [0.15, 0.2) is 41.8 Å². The summed E-state index contributed by atoms with van der Waals surface area (Å²) in [5, 5.41) is 11.6. The lowest BCUT2D eigenvalue weighted by Crippen LogP contribution is -2.24. The van der Waals surface area contributed by atoms with Crippen LogP contribution < -0.4 is 5.32 Å². The lowest BCUT2D eigenvalue weighted by molar-refractivity contribution is -0.118. The largest absolute Gasteiger partial charge is 0.385 e. The lowest BCUT2D eigenvalue weighted by Gasteiger charge is -2.07. The molecule has 0 saturated carbocycles. The van der Waals surface area contributed by atoms with Gasteiger partial charge in [0.1, 0.15) is 6.33 Å².